The Morgan fingerprint density at radius 2 is 2.07 bits per heavy atom. The summed E-state index contributed by atoms with van der Waals surface area (Å²) in [6.07, 6.45) is 3.27. The fraction of sp³-hybridized carbons (Fsp3) is 0.368. The Morgan fingerprint density at radius 1 is 1.21 bits per heavy atom. The molecule has 4 rings (SSSR count). The molecule has 0 unspecified atom stereocenters. The molecule has 2 aromatic heterocycles. The number of hydrogen-bond donors (Lipinski definition) is 1. The smallest absolute Gasteiger partial charge is 0.251 e. The van der Waals surface area contributed by atoms with Gasteiger partial charge in [-0.25, -0.2) is 9.07 Å². The first-order valence-electron chi connectivity index (χ1n) is 9.23. The second-order valence-electron chi connectivity index (χ2n) is 6.87. The van der Waals surface area contributed by atoms with Crippen molar-refractivity contribution in [1.82, 2.24) is 30.4 Å². The number of tetrazole rings is 1. The summed E-state index contributed by atoms with van der Waals surface area (Å²) in [5, 5.41) is 14.9. The van der Waals surface area contributed by atoms with Crippen molar-refractivity contribution in [2.24, 2.45) is 0 Å². The third-order valence-electron chi connectivity index (χ3n) is 4.87. The minimum absolute atomic E-state index is 0.0751. The van der Waals surface area contributed by atoms with Crippen LogP contribution in [-0.2, 0) is 13.1 Å². The van der Waals surface area contributed by atoms with E-state index in [-0.39, 0.29) is 11.9 Å². The van der Waals surface area contributed by atoms with E-state index in [9.17, 15) is 9.18 Å². The van der Waals surface area contributed by atoms with Crippen LogP contribution in [0, 0.1) is 5.82 Å². The van der Waals surface area contributed by atoms with Crippen molar-refractivity contribution < 1.29 is 13.6 Å². The van der Waals surface area contributed by atoms with E-state index in [2.05, 4.69) is 25.7 Å². The molecule has 9 heteroatoms. The lowest BCUT2D eigenvalue weighted by atomic mass is 10.0. The summed E-state index contributed by atoms with van der Waals surface area (Å²) in [6, 6.07) is 9.54. The average molecular weight is 384 g/mol. The van der Waals surface area contributed by atoms with E-state index in [1.165, 1.54) is 12.1 Å². The van der Waals surface area contributed by atoms with Gasteiger partial charge in [0.05, 0.1) is 12.8 Å². The van der Waals surface area contributed by atoms with Gasteiger partial charge in [0.2, 0.25) is 0 Å². The molecule has 3 heterocycles. The highest BCUT2D eigenvalue weighted by molar-refractivity contribution is 5.94. The van der Waals surface area contributed by atoms with Crippen LogP contribution in [0.3, 0.4) is 0 Å². The van der Waals surface area contributed by atoms with Gasteiger partial charge in [-0.1, -0.05) is 6.07 Å². The van der Waals surface area contributed by atoms with Crippen molar-refractivity contribution in [3.63, 3.8) is 0 Å². The summed E-state index contributed by atoms with van der Waals surface area (Å²) in [5.74, 6) is 0.932. The summed E-state index contributed by atoms with van der Waals surface area (Å²) in [7, 11) is 0. The Labute approximate surface area is 161 Å². The standard InChI is InChI=1S/C19H21FN6O2/c20-15-4-1-3-14(11-15)19(27)21-16-6-8-25(9-7-16)13-18-22-23-24-26(18)12-17-5-2-10-28-17/h1-5,10-11,16H,6-9,12-13H2,(H,21,27). The number of nitrogens with zero attached hydrogens (tertiary/aromatic N) is 5. The van der Waals surface area contributed by atoms with Gasteiger partial charge < -0.3 is 9.73 Å². The van der Waals surface area contributed by atoms with Gasteiger partial charge in [-0.2, -0.15) is 0 Å². The SMILES string of the molecule is O=C(NC1CCN(Cc2nnnn2Cc2ccco2)CC1)c1cccc(F)c1. The number of carbonyl (C=O) groups is 1. The van der Waals surface area contributed by atoms with Crippen LogP contribution < -0.4 is 5.32 Å². The first-order valence-corrected chi connectivity index (χ1v) is 9.23. The summed E-state index contributed by atoms with van der Waals surface area (Å²) in [4.78, 5) is 14.5. The van der Waals surface area contributed by atoms with E-state index in [1.807, 2.05) is 12.1 Å². The largest absolute Gasteiger partial charge is 0.467 e. The molecule has 8 nitrogen and oxygen atoms in total. The first-order chi connectivity index (χ1) is 13.7. The molecule has 0 atom stereocenters. The Morgan fingerprint density at radius 3 is 2.82 bits per heavy atom. The van der Waals surface area contributed by atoms with Crippen LogP contribution >= 0.6 is 0 Å². The molecule has 146 valence electrons. The lowest BCUT2D eigenvalue weighted by molar-refractivity contribution is 0.0907. The van der Waals surface area contributed by atoms with E-state index in [0.717, 1.165) is 37.5 Å². The minimum Gasteiger partial charge on any atom is -0.467 e. The molecule has 28 heavy (non-hydrogen) atoms. The molecule has 1 amide bonds. The quantitative estimate of drug-likeness (QED) is 0.698. The van der Waals surface area contributed by atoms with Gasteiger partial charge in [0.15, 0.2) is 5.82 Å². The monoisotopic (exact) mass is 384 g/mol. The maximum absolute atomic E-state index is 13.3. The number of aromatic nitrogens is 4. The highest BCUT2D eigenvalue weighted by Crippen LogP contribution is 2.14. The number of carbonyl (C=O) groups excluding carboxylic acids is 1. The van der Waals surface area contributed by atoms with Gasteiger partial charge in [0.1, 0.15) is 18.1 Å². The predicted octanol–water partition coefficient (Wildman–Crippen LogP) is 1.85. The van der Waals surface area contributed by atoms with Crippen molar-refractivity contribution in [1.29, 1.82) is 0 Å². The van der Waals surface area contributed by atoms with Crippen LogP contribution in [0.2, 0.25) is 0 Å². The Bertz CT molecular complexity index is 918. The zero-order chi connectivity index (χ0) is 19.3. The topological polar surface area (TPSA) is 89.1 Å². The van der Waals surface area contributed by atoms with Crippen LogP contribution in [0.5, 0.6) is 0 Å². The van der Waals surface area contributed by atoms with Crippen molar-refractivity contribution in [3.8, 4) is 0 Å². The molecule has 1 aliphatic heterocycles. The number of furan rings is 1. The second-order valence-corrected chi connectivity index (χ2v) is 6.87. The zero-order valence-corrected chi connectivity index (χ0v) is 15.3. The zero-order valence-electron chi connectivity index (χ0n) is 15.3. The van der Waals surface area contributed by atoms with E-state index in [0.29, 0.717) is 18.7 Å². The highest BCUT2D eigenvalue weighted by Gasteiger charge is 2.23. The van der Waals surface area contributed by atoms with Gasteiger partial charge in [0.25, 0.3) is 5.91 Å². The van der Waals surface area contributed by atoms with E-state index in [1.54, 1.807) is 23.1 Å². The summed E-state index contributed by atoms with van der Waals surface area (Å²) < 4.78 is 20.4. The number of halogens is 1. The van der Waals surface area contributed by atoms with Gasteiger partial charge in [-0.05, 0) is 53.6 Å². The van der Waals surface area contributed by atoms with E-state index >= 15 is 0 Å². The number of benzene rings is 1. The molecule has 1 saturated heterocycles. The number of likely N-dealkylation sites (tertiary alicyclic amines) is 1. The van der Waals surface area contributed by atoms with Gasteiger partial charge in [0, 0.05) is 24.7 Å². The fourth-order valence-electron chi connectivity index (χ4n) is 3.34. The molecule has 0 radical (unpaired) electrons. The Balaban J connectivity index is 1.28. The number of amides is 1. The maximum Gasteiger partial charge on any atom is 0.251 e. The molecule has 0 aliphatic carbocycles. The first kappa shape index (κ1) is 18.3. The molecule has 1 N–H and O–H groups in total. The van der Waals surface area contributed by atoms with Crippen LogP contribution in [0.1, 0.15) is 34.8 Å². The molecule has 1 fully saturated rings. The highest BCUT2D eigenvalue weighted by atomic mass is 19.1. The lowest BCUT2D eigenvalue weighted by Crippen LogP contribution is -2.44. The minimum atomic E-state index is -0.408. The number of hydrogen-bond acceptors (Lipinski definition) is 6. The molecular formula is C19H21FN6O2. The van der Waals surface area contributed by atoms with Crippen LogP contribution in [0.15, 0.2) is 47.1 Å². The summed E-state index contributed by atoms with van der Waals surface area (Å²) in [6.45, 7) is 2.77. The van der Waals surface area contributed by atoms with Crippen LogP contribution in [0.4, 0.5) is 4.39 Å². The number of nitrogens with one attached hydrogen (secondary N) is 1. The van der Waals surface area contributed by atoms with Crippen molar-refractivity contribution in [2.45, 2.75) is 32.0 Å². The third kappa shape index (κ3) is 4.42. The molecule has 0 bridgehead atoms. The third-order valence-corrected chi connectivity index (χ3v) is 4.87. The fourth-order valence-corrected chi connectivity index (χ4v) is 3.34. The number of rotatable bonds is 6. The van der Waals surface area contributed by atoms with Crippen LogP contribution in [-0.4, -0.2) is 50.1 Å². The molecule has 0 spiro atoms. The average Bonchev–Trinajstić information content (AvgIpc) is 3.36. The molecule has 3 aromatic rings. The van der Waals surface area contributed by atoms with Gasteiger partial charge in [-0.15, -0.1) is 5.10 Å². The van der Waals surface area contributed by atoms with Crippen molar-refractivity contribution in [3.05, 3.63) is 65.6 Å². The molecule has 1 aliphatic rings. The normalized spacial score (nSPS) is 15.6. The lowest BCUT2D eigenvalue weighted by Gasteiger charge is -2.31. The second kappa shape index (κ2) is 8.30. The predicted molar refractivity (Wildman–Crippen MR) is 97.8 cm³/mol. The van der Waals surface area contributed by atoms with E-state index < -0.39 is 5.82 Å². The van der Waals surface area contributed by atoms with E-state index in [4.69, 9.17) is 4.42 Å². The maximum atomic E-state index is 13.3. The summed E-state index contributed by atoms with van der Waals surface area (Å²) >= 11 is 0. The molecule has 1 aromatic carbocycles. The molecule has 0 saturated carbocycles. The van der Waals surface area contributed by atoms with Crippen molar-refractivity contribution in [2.75, 3.05) is 13.1 Å². The van der Waals surface area contributed by atoms with Crippen molar-refractivity contribution >= 4 is 5.91 Å². The summed E-state index contributed by atoms with van der Waals surface area (Å²) in [5.41, 5.74) is 0.347. The van der Waals surface area contributed by atoms with Gasteiger partial charge in [-0.3, -0.25) is 9.69 Å². The van der Waals surface area contributed by atoms with Crippen LogP contribution in [0.25, 0.3) is 0 Å². The number of piperidine rings is 1. The Hall–Kier alpha value is -3.07. The molecular weight excluding hydrogens is 363 g/mol. The van der Waals surface area contributed by atoms with Gasteiger partial charge >= 0.3 is 0 Å². The Kier molecular flexibility index (Phi) is 5.43.